The van der Waals surface area contributed by atoms with Crippen LogP contribution < -0.4 is 0 Å². The van der Waals surface area contributed by atoms with Crippen molar-refractivity contribution in [2.45, 2.75) is 26.2 Å². The molecular formula is C12H12. The van der Waals surface area contributed by atoms with Crippen molar-refractivity contribution < 1.29 is 0 Å². The minimum atomic E-state index is 1.19. The van der Waals surface area contributed by atoms with Gasteiger partial charge in [0, 0.05) is 0 Å². The number of rotatable bonds is 0. The fourth-order valence-electron chi connectivity index (χ4n) is 2.52. The van der Waals surface area contributed by atoms with Crippen LogP contribution in [0.1, 0.15) is 26.2 Å². The highest BCUT2D eigenvalue weighted by molar-refractivity contribution is 5.62. The van der Waals surface area contributed by atoms with Crippen molar-refractivity contribution in [3.05, 3.63) is 46.1 Å². The van der Waals surface area contributed by atoms with Crippen LogP contribution in [0.5, 0.6) is 0 Å². The lowest BCUT2D eigenvalue weighted by molar-refractivity contribution is 1.12. The van der Waals surface area contributed by atoms with Gasteiger partial charge in [0.2, 0.25) is 0 Å². The summed E-state index contributed by atoms with van der Waals surface area (Å²) in [6.07, 6.45) is 10.6. The Hall–Kier alpha value is -1.04. The summed E-state index contributed by atoms with van der Waals surface area (Å²) in [5.74, 6) is 0. The Balaban J connectivity index is 2.02. The van der Waals surface area contributed by atoms with Gasteiger partial charge in [-0.2, -0.15) is 0 Å². The van der Waals surface area contributed by atoms with E-state index in [1.165, 1.54) is 19.3 Å². The van der Waals surface area contributed by atoms with E-state index in [-0.39, 0.29) is 0 Å². The molecule has 0 aromatic heterocycles. The fraction of sp³-hybridized carbons (Fsp3) is 0.333. The predicted molar refractivity (Wildman–Crippen MR) is 50.8 cm³/mol. The molecule has 3 rings (SSSR count). The molecule has 0 bridgehead atoms. The smallest absolute Gasteiger partial charge is 0.00200 e. The molecule has 0 aliphatic heterocycles. The third-order valence-corrected chi connectivity index (χ3v) is 3.04. The van der Waals surface area contributed by atoms with Gasteiger partial charge >= 0.3 is 0 Å². The maximum atomic E-state index is 2.38. The lowest BCUT2D eigenvalue weighted by Gasteiger charge is -2.01. The Morgan fingerprint density at radius 2 is 2.00 bits per heavy atom. The number of hydrogen-bond donors (Lipinski definition) is 0. The lowest BCUT2D eigenvalue weighted by atomic mass is 10.0. The van der Waals surface area contributed by atoms with E-state index in [9.17, 15) is 0 Å². The standard InChI is InChI=1S/C12H12/c1-8-5-10-7-9-3-2-4-11(9)12(10)6-8/h2-3,5H,4,6-7H2,1H3. The van der Waals surface area contributed by atoms with Crippen LogP contribution in [0.3, 0.4) is 0 Å². The highest BCUT2D eigenvalue weighted by Gasteiger charge is 2.26. The molecule has 0 heterocycles. The first kappa shape index (κ1) is 6.47. The second-order valence-electron chi connectivity index (χ2n) is 3.96. The molecule has 0 unspecified atom stereocenters. The van der Waals surface area contributed by atoms with Crippen molar-refractivity contribution in [1.29, 1.82) is 0 Å². The van der Waals surface area contributed by atoms with E-state index >= 15 is 0 Å². The van der Waals surface area contributed by atoms with E-state index in [1.807, 2.05) is 0 Å². The second-order valence-corrected chi connectivity index (χ2v) is 3.96. The van der Waals surface area contributed by atoms with Gasteiger partial charge in [-0.15, -0.1) is 0 Å². The zero-order valence-electron chi connectivity index (χ0n) is 7.35. The van der Waals surface area contributed by atoms with E-state index in [0.29, 0.717) is 0 Å². The summed E-state index contributed by atoms with van der Waals surface area (Å²) in [4.78, 5) is 0. The van der Waals surface area contributed by atoms with Crippen molar-refractivity contribution in [1.82, 2.24) is 0 Å². The predicted octanol–water partition coefficient (Wildman–Crippen LogP) is 3.29. The summed E-state index contributed by atoms with van der Waals surface area (Å²) in [6.45, 7) is 2.24. The molecule has 3 aliphatic carbocycles. The minimum Gasteiger partial charge on any atom is -0.0798 e. The fourth-order valence-corrected chi connectivity index (χ4v) is 2.52. The molecule has 12 heavy (non-hydrogen) atoms. The Morgan fingerprint density at radius 1 is 1.08 bits per heavy atom. The van der Waals surface area contributed by atoms with Gasteiger partial charge in [0.1, 0.15) is 0 Å². The minimum absolute atomic E-state index is 1.19. The van der Waals surface area contributed by atoms with Crippen molar-refractivity contribution >= 4 is 0 Å². The molecule has 60 valence electrons. The van der Waals surface area contributed by atoms with Crippen LogP contribution >= 0.6 is 0 Å². The zero-order chi connectivity index (χ0) is 8.13. The first-order valence-electron chi connectivity index (χ1n) is 4.63. The van der Waals surface area contributed by atoms with E-state index < -0.39 is 0 Å². The summed E-state index contributed by atoms with van der Waals surface area (Å²) < 4.78 is 0. The Labute approximate surface area is 73.0 Å². The average Bonchev–Trinajstić information content (AvgIpc) is 2.59. The zero-order valence-corrected chi connectivity index (χ0v) is 7.35. The van der Waals surface area contributed by atoms with Gasteiger partial charge in [-0.05, 0) is 48.5 Å². The largest absolute Gasteiger partial charge is 0.0798 e. The molecule has 0 saturated heterocycles. The molecule has 0 spiro atoms. The summed E-state index contributed by atoms with van der Waals surface area (Å²) in [7, 11) is 0. The number of fused-ring (bicyclic) bond motifs is 1. The molecule has 0 atom stereocenters. The van der Waals surface area contributed by atoms with Gasteiger partial charge < -0.3 is 0 Å². The van der Waals surface area contributed by atoms with Gasteiger partial charge in [0.05, 0.1) is 0 Å². The number of allylic oxidation sites excluding steroid dienone is 8. The van der Waals surface area contributed by atoms with E-state index in [4.69, 9.17) is 0 Å². The molecule has 0 saturated carbocycles. The summed E-state index contributed by atoms with van der Waals surface area (Å²) in [6, 6.07) is 0. The molecule has 0 heteroatoms. The van der Waals surface area contributed by atoms with Crippen molar-refractivity contribution in [2.24, 2.45) is 0 Å². The van der Waals surface area contributed by atoms with Crippen LogP contribution in [-0.4, -0.2) is 0 Å². The monoisotopic (exact) mass is 156 g/mol. The van der Waals surface area contributed by atoms with Crippen LogP contribution in [0.4, 0.5) is 0 Å². The molecule has 0 amide bonds. The third kappa shape index (κ3) is 0.677. The van der Waals surface area contributed by atoms with E-state index in [2.05, 4.69) is 25.2 Å². The van der Waals surface area contributed by atoms with Gasteiger partial charge in [0.15, 0.2) is 0 Å². The van der Waals surface area contributed by atoms with Crippen LogP contribution in [0.2, 0.25) is 0 Å². The average molecular weight is 156 g/mol. The molecule has 0 fully saturated rings. The van der Waals surface area contributed by atoms with Gasteiger partial charge in [-0.3, -0.25) is 0 Å². The van der Waals surface area contributed by atoms with Gasteiger partial charge in [-0.25, -0.2) is 0 Å². The van der Waals surface area contributed by atoms with E-state index in [1.54, 1.807) is 27.9 Å². The maximum Gasteiger partial charge on any atom is -0.00200 e. The van der Waals surface area contributed by atoms with Crippen LogP contribution in [0, 0.1) is 0 Å². The third-order valence-electron chi connectivity index (χ3n) is 3.04. The Bertz CT molecular complexity index is 373. The molecule has 0 aromatic rings. The normalized spacial score (nSPS) is 25.2. The molecule has 0 N–H and O–H groups in total. The summed E-state index contributed by atoms with van der Waals surface area (Å²) >= 11 is 0. The number of hydrogen-bond acceptors (Lipinski definition) is 0. The quantitative estimate of drug-likeness (QED) is 0.505. The first-order valence-corrected chi connectivity index (χ1v) is 4.63. The Morgan fingerprint density at radius 3 is 2.92 bits per heavy atom. The lowest BCUT2D eigenvalue weighted by Crippen LogP contribution is -1.83. The van der Waals surface area contributed by atoms with E-state index in [0.717, 1.165) is 0 Å². The first-order chi connectivity index (χ1) is 5.84. The topological polar surface area (TPSA) is 0 Å². The van der Waals surface area contributed by atoms with Crippen molar-refractivity contribution in [3.8, 4) is 0 Å². The molecule has 3 aliphatic rings. The molecule has 0 aromatic carbocycles. The molecular weight excluding hydrogens is 144 g/mol. The summed E-state index contributed by atoms with van der Waals surface area (Å²) in [5, 5.41) is 0. The highest BCUT2D eigenvalue weighted by Crippen LogP contribution is 2.45. The van der Waals surface area contributed by atoms with Crippen molar-refractivity contribution in [3.63, 3.8) is 0 Å². The van der Waals surface area contributed by atoms with Crippen LogP contribution in [-0.2, 0) is 0 Å². The maximum absolute atomic E-state index is 2.38. The van der Waals surface area contributed by atoms with Crippen molar-refractivity contribution in [2.75, 3.05) is 0 Å². The molecule has 0 nitrogen and oxygen atoms in total. The molecule has 0 radical (unpaired) electrons. The van der Waals surface area contributed by atoms with Crippen LogP contribution in [0.15, 0.2) is 46.1 Å². The summed E-state index contributed by atoms with van der Waals surface area (Å²) in [5.41, 5.74) is 8.01. The van der Waals surface area contributed by atoms with Gasteiger partial charge in [0.25, 0.3) is 0 Å². The second kappa shape index (κ2) is 2.01. The van der Waals surface area contributed by atoms with Gasteiger partial charge in [-0.1, -0.05) is 23.8 Å². The Kier molecular flexibility index (Phi) is 1.08. The highest BCUT2D eigenvalue weighted by atomic mass is 14.3. The SMILES string of the molecule is CC1=CC2=C(C1)C1=C(C=CC1)C2. The van der Waals surface area contributed by atoms with Crippen LogP contribution in [0.25, 0.3) is 0 Å².